The summed E-state index contributed by atoms with van der Waals surface area (Å²) in [6.45, 7) is 2.09. The predicted octanol–water partition coefficient (Wildman–Crippen LogP) is 3.54. The first-order chi connectivity index (χ1) is 13.4. The molecule has 0 saturated heterocycles. The Morgan fingerprint density at radius 3 is 2.25 bits per heavy atom. The summed E-state index contributed by atoms with van der Waals surface area (Å²) in [5.74, 6) is 0.658. The average molecular weight is 451 g/mol. The molecule has 7 nitrogen and oxygen atoms in total. The number of hydrogen-bond acceptors (Lipinski definition) is 5. The summed E-state index contributed by atoms with van der Waals surface area (Å²) in [4.78, 5) is 24.7. The van der Waals surface area contributed by atoms with Crippen LogP contribution in [0.15, 0.2) is 34.8 Å². The molecule has 2 rings (SSSR count). The van der Waals surface area contributed by atoms with E-state index in [9.17, 15) is 9.59 Å². The first-order valence-electron chi connectivity index (χ1n) is 8.53. The van der Waals surface area contributed by atoms with Crippen LogP contribution in [-0.4, -0.2) is 39.7 Å². The van der Waals surface area contributed by atoms with Crippen LogP contribution in [0.4, 0.5) is 5.69 Å². The molecule has 0 atom stereocenters. The number of hydrogen-bond donors (Lipinski definition) is 2. The number of rotatable bonds is 8. The Kier molecular flexibility index (Phi) is 7.69. The zero-order valence-corrected chi connectivity index (χ0v) is 17.8. The molecule has 0 bridgehead atoms. The topological polar surface area (TPSA) is 85.9 Å². The Balaban J connectivity index is 1.98. The number of ether oxygens (including phenoxy) is 3. The molecule has 0 spiro atoms. The monoisotopic (exact) mass is 450 g/mol. The van der Waals surface area contributed by atoms with E-state index in [2.05, 4.69) is 26.6 Å². The van der Waals surface area contributed by atoms with Crippen molar-refractivity contribution < 1.29 is 23.8 Å². The van der Waals surface area contributed by atoms with Crippen LogP contribution in [0.2, 0.25) is 0 Å². The zero-order valence-electron chi connectivity index (χ0n) is 16.2. The van der Waals surface area contributed by atoms with Crippen LogP contribution in [0.25, 0.3) is 0 Å². The average Bonchev–Trinajstić information content (AvgIpc) is 2.69. The highest BCUT2D eigenvalue weighted by Crippen LogP contribution is 2.34. The Bertz CT molecular complexity index is 870. The summed E-state index contributed by atoms with van der Waals surface area (Å²) in [5.41, 5.74) is 1.98. The van der Waals surface area contributed by atoms with Crippen LogP contribution in [0.3, 0.4) is 0 Å². The molecule has 28 heavy (non-hydrogen) atoms. The number of anilines is 1. The molecule has 0 aromatic heterocycles. The van der Waals surface area contributed by atoms with Gasteiger partial charge in [-0.2, -0.15) is 0 Å². The third kappa shape index (κ3) is 5.39. The Morgan fingerprint density at radius 2 is 1.61 bits per heavy atom. The number of nitrogens with one attached hydrogen (secondary N) is 2. The van der Waals surface area contributed by atoms with Crippen molar-refractivity contribution in [3.05, 3.63) is 45.9 Å². The van der Waals surface area contributed by atoms with E-state index in [1.807, 2.05) is 25.1 Å². The quantitative estimate of drug-likeness (QED) is 0.642. The van der Waals surface area contributed by atoms with Gasteiger partial charge in [-0.15, -0.1) is 0 Å². The molecule has 0 unspecified atom stereocenters. The van der Waals surface area contributed by atoms with E-state index < -0.39 is 0 Å². The molecular weight excluding hydrogens is 428 g/mol. The van der Waals surface area contributed by atoms with Crippen molar-refractivity contribution in [2.45, 2.75) is 13.3 Å². The van der Waals surface area contributed by atoms with Gasteiger partial charge in [0.2, 0.25) is 5.91 Å². The second-order valence-corrected chi connectivity index (χ2v) is 6.84. The van der Waals surface area contributed by atoms with Crippen molar-refractivity contribution in [3.8, 4) is 17.2 Å². The van der Waals surface area contributed by atoms with E-state index in [0.717, 1.165) is 15.7 Å². The molecule has 0 fully saturated rings. The largest absolute Gasteiger partial charge is 0.496 e. The number of benzene rings is 2. The van der Waals surface area contributed by atoms with E-state index in [0.29, 0.717) is 22.8 Å². The minimum atomic E-state index is -0.371. The molecule has 0 aliphatic carbocycles. The molecule has 0 aliphatic heterocycles. The molecule has 0 radical (unpaired) electrons. The highest BCUT2D eigenvalue weighted by atomic mass is 79.9. The Labute approximate surface area is 172 Å². The summed E-state index contributed by atoms with van der Waals surface area (Å²) < 4.78 is 16.6. The first-order valence-corrected chi connectivity index (χ1v) is 9.33. The Morgan fingerprint density at radius 1 is 0.964 bits per heavy atom. The smallest absolute Gasteiger partial charge is 0.255 e. The summed E-state index contributed by atoms with van der Waals surface area (Å²) in [6, 6.07) is 8.77. The molecule has 0 aliphatic rings. The molecule has 8 heteroatoms. The molecule has 0 saturated carbocycles. The van der Waals surface area contributed by atoms with Gasteiger partial charge in [-0.1, -0.05) is 22.0 Å². The highest BCUT2D eigenvalue weighted by Gasteiger charge is 2.17. The molecule has 150 valence electrons. The van der Waals surface area contributed by atoms with Gasteiger partial charge in [-0.3, -0.25) is 9.59 Å². The SMILES string of the molecule is COc1cc(OC)c(C(=O)NCCC(=O)Nc2cc(Br)ccc2C)cc1OC. The molecule has 2 aromatic rings. The van der Waals surface area contributed by atoms with Crippen LogP contribution < -0.4 is 24.8 Å². The van der Waals surface area contributed by atoms with Crippen molar-refractivity contribution >= 4 is 33.4 Å². The lowest BCUT2D eigenvalue weighted by Gasteiger charge is -2.14. The minimum absolute atomic E-state index is 0.132. The van der Waals surface area contributed by atoms with Gasteiger partial charge < -0.3 is 24.8 Å². The molecule has 0 heterocycles. The predicted molar refractivity (Wildman–Crippen MR) is 111 cm³/mol. The van der Waals surface area contributed by atoms with E-state index >= 15 is 0 Å². The summed E-state index contributed by atoms with van der Waals surface area (Å²) in [7, 11) is 4.45. The van der Waals surface area contributed by atoms with Gasteiger partial charge in [0.25, 0.3) is 5.91 Å². The maximum Gasteiger partial charge on any atom is 0.255 e. The maximum atomic E-state index is 12.5. The maximum absolute atomic E-state index is 12.5. The molecule has 2 amide bonds. The van der Waals surface area contributed by atoms with Gasteiger partial charge in [0, 0.05) is 35.3 Å². The van der Waals surface area contributed by atoms with E-state index in [1.165, 1.54) is 27.4 Å². The second-order valence-electron chi connectivity index (χ2n) is 5.92. The van der Waals surface area contributed by atoms with Crippen LogP contribution in [0.5, 0.6) is 17.2 Å². The third-order valence-electron chi connectivity index (χ3n) is 4.06. The van der Waals surface area contributed by atoms with Gasteiger partial charge in [0.15, 0.2) is 11.5 Å². The van der Waals surface area contributed by atoms with E-state index in [4.69, 9.17) is 14.2 Å². The molecule has 2 N–H and O–H groups in total. The van der Waals surface area contributed by atoms with Crippen molar-refractivity contribution in [3.63, 3.8) is 0 Å². The third-order valence-corrected chi connectivity index (χ3v) is 4.55. The lowest BCUT2D eigenvalue weighted by molar-refractivity contribution is -0.116. The Hall–Kier alpha value is -2.74. The number of methoxy groups -OCH3 is 3. The van der Waals surface area contributed by atoms with Crippen molar-refractivity contribution in [2.75, 3.05) is 33.2 Å². The van der Waals surface area contributed by atoms with E-state index in [-0.39, 0.29) is 24.8 Å². The van der Waals surface area contributed by atoms with Gasteiger partial charge in [-0.25, -0.2) is 0 Å². The number of amides is 2. The van der Waals surface area contributed by atoms with Crippen LogP contribution in [0.1, 0.15) is 22.3 Å². The van der Waals surface area contributed by atoms with Crippen molar-refractivity contribution in [1.82, 2.24) is 5.32 Å². The fourth-order valence-corrected chi connectivity index (χ4v) is 2.89. The van der Waals surface area contributed by atoms with Crippen LogP contribution in [-0.2, 0) is 4.79 Å². The fraction of sp³-hybridized carbons (Fsp3) is 0.300. The number of carbonyl (C=O) groups excluding carboxylic acids is 2. The van der Waals surface area contributed by atoms with Gasteiger partial charge in [0.1, 0.15) is 5.75 Å². The normalized spacial score (nSPS) is 10.2. The highest BCUT2D eigenvalue weighted by molar-refractivity contribution is 9.10. The first kappa shape index (κ1) is 21.6. The molecule has 2 aromatic carbocycles. The van der Waals surface area contributed by atoms with Crippen molar-refractivity contribution in [2.24, 2.45) is 0 Å². The van der Waals surface area contributed by atoms with Crippen LogP contribution >= 0.6 is 15.9 Å². The van der Waals surface area contributed by atoms with Crippen LogP contribution in [0, 0.1) is 6.92 Å². The second kappa shape index (κ2) is 9.98. The summed E-state index contributed by atoms with van der Waals surface area (Å²) in [6.07, 6.45) is 0.132. The van der Waals surface area contributed by atoms with Gasteiger partial charge in [-0.05, 0) is 24.6 Å². The minimum Gasteiger partial charge on any atom is -0.496 e. The number of carbonyl (C=O) groups is 2. The van der Waals surface area contributed by atoms with Gasteiger partial charge in [0.05, 0.1) is 26.9 Å². The zero-order chi connectivity index (χ0) is 20.7. The lowest BCUT2D eigenvalue weighted by Crippen LogP contribution is -2.28. The summed E-state index contributed by atoms with van der Waals surface area (Å²) in [5, 5.41) is 5.56. The van der Waals surface area contributed by atoms with Crippen molar-refractivity contribution in [1.29, 1.82) is 0 Å². The molecular formula is C20H23BrN2O5. The van der Waals surface area contributed by atoms with Gasteiger partial charge >= 0.3 is 0 Å². The number of halogens is 1. The fourth-order valence-electron chi connectivity index (χ4n) is 2.53. The summed E-state index contributed by atoms with van der Waals surface area (Å²) >= 11 is 3.38. The lowest BCUT2D eigenvalue weighted by atomic mass is 10.1. The standard InChI is InChI=1S/C20H23BrN2O5/c1-12-5-6-13(21)9-15(12)23-19(24)7-8-22-20(25)14-10-17(27-3)18(28-4)11-16(14)26-2/h5-6,9-11H,7-8H2,1-4H3,(H,22,25)(H,23,24). The number of aryl methyl sites for hydroxylation is 1. The van der Waals surface area contributed by atoms with E-state index in [1.54, 1.807) is 6.07 Å².